The molecule has 59 heavy (non-hydrogen) atoms. The number of anilines is 1. The molecule has 3 N–H and O–H groups in total. The minimum absolute atomic E-state index is 0.106. The molecule has 0 saturated carbocycles. The summed E-state index contributed by atoms with van der Waals surface area (Å²) in [6.45, 7) is 5.12. The van der Waals surface area contributed by atoms with Crippen molar-refractivity contribution in [2.45, 2.75) is 36.2 Å². The fourth-order valence-electron chi connectivity index (χ4n) is 9.09. The average Bonchev–Trinajstić information content (AvgIpc) is 3.74. The summed E-state index contributed by atoms with van der Waals surface area (Å²) in [4.78, 5) is 49.2. The van der Waals surface area contributed by atoms with Gasteiger partial charge in [0.05, 0.1) is 31.2 Å². The fraction of sp³-hybridized carbons (Fsp3) is 0.245. The zero-order chi connectivity index (χ0) is 40.9. The summed E-state index contributed by atoms with van der Waals surface area (Å²) in [5.74, 6) is 4.42. The topological polar surface area (TPSA) is 120 Å². The first-order valence-electron chi connectivity index (χ1n) is 19.8. The summed E-state index contributed by atoms with van der Waals surface area (Å²) in [7, 11) is 2.01. The van der Waals surface area contributed by atoms with E-state index in [1.165, 1.54) is 5.56 Å². The summed E-state index contributed by atoms with van der Waals surface area (Å²) in [5, 5.41) is 15.6. The number of ether oxygens (including phenoxy) is 2. The molecular formula is C49H46N4O6. The van der Waals surface area contributed by atoms with Crippen LogP contribution in [0.25, 0.3) is 0 Å². The molecule has 0 aromatic heterocycles. The molecule has 0 bridgehead atoms. The van der Waals surface area contributed by atoms with E-state index in [9.17, 15) is 14.7 Å². The molecule has 5 aromatic rings. The lowest BCUT2D eigenvalue weighted by Crippen LogP contribution is -2.54. The van der Waals surface area contributed by atoms with Gasteiger partial charge in [-0.2, -0.15) is 0 Å². The van der Waals surface area contributed by atoms with Gasteiger partial charge in [-0.15, -0.1) is 6.58 Å². The number of amides is 2. The van der Waals surface area contributed by atoms with E-state index in [0.29, 0.717) is 34.7 Å². The van der Waals surface area contributed by atoms with E-state index >= 15 is 4.79 Å². The van der Waals surface area contributed by atoms with Gasteiger partial charge >= 0.3 is 5.97 Å². The van der Waals surface area contributed by atoms with Crippen LogP contribution in [0.5, 0.6) is 5.75 Å². The first-order chi connectivity index (χ1) is 28.8. The molecule has 6 unspecified atom stereocenters. The number of hydrogen-bond donors (Lipinski definition) is 3. The number of nitrogens with one attached hydrogen (secondary N) is 2. The molecule has 3 aliphatic rings. The van der Waals surface area contributed by atoms with E-state index in [1.807, 2.05) is 121 Å². The number of aliphatic hydroxyl groups is 1. The summed E-state index contributed by atoms with van der Waals surface area (Å²) < 4.78 is 12.2. The number of fused-ring (bicyclic) bond motifs is 3. The predicted octanol–water partition coefficient (Wildman–Crippen LogP) is 6.11. The Hall–Kier alpha value is -6.51. The molecule has 6 atom stereocenters. The summed E-state index contributed by atoms with van der Waals surface area (Å²) >= 11 is 0. The SMILES string of the molecule is C=CCNC(=O)C1C2C(=O)OC(c3ccccc3)C(c3ccccc3)N2C(c2ccc(OCCO)cc2)C12C(=O)Nc1ccc(C#CCN(C)Cc3ccccc3)cc12. The normalized spacial score (nSPS) is 23.1. The molecule has 3 heterocycles. The molecule has 0 aliphatic carbocycles. The maximum absolute atomic E-state index is 15.3. The first-order valence-corrected chi connectivity index (χ1v) is 19.8. The summed E-state index contributed by atoms with van der Waals surface area (Å²) in [6, 6.07) is 39.8. The van der Waals surface area contributed by atoms with Gasteiger partial charge < -0.3 is 25.2 Å². The molecule has 2 saturated heterocycles. The van der Waals surface area contributed by atoms with Gasteiger partial charge in [0.25, 0.3) is 0 Å². The highest BCUT2D eigenvalue weighted by Crippen LogP contribution is 2.64. The fourth-order valence-corrected chi connectivity index (χ4v) is 9.09. The van der Waals surface area contributed by atoms with Crippen LogP contribution in [0.1, 0.15) is 51.6 Å². The van der Waals surface area contributed by atoms with Gasteiger partial charge in [0.1, 0.15) is 29.9 Å². The van der Waals surface area contributed by atoms with Crippen molar-refractivity contribution in [3.63, 3.8) is 0 Å². The number of carbonyl (C=O) groups excluding carboxylic acids is 3. The highest BCUT2D eigenvalue weighted by atomic mass is 16.6. The quantitative estimate of drug-likeness (QED) is 0.0788. The van der Waals surface area contributed by atoms with Crippen molar-refractivity contribution in [2.24, 2.45) is 5.92 Å². The van der Waals surface area contributed by atoms with E-state index in [1.54, 1.807) is 18.2 Å². The van der Waals surface area contributed by atoms with Crippen LogP contribution in [-0.4, -0.2) is 72.1 Å². The van der Waals surface area contributed by atoms with Gasteiger partial charge in [0.2, 0.25) is 11.8 Å². The summed E-state index contributed by atoms with van der Waals surface area (Å²) in [5.41, 5.74) is 3.64. The van der Waals surface area contributed by atoms with E-state index in [4.69, 9.17) is 9.47 Å². The number of carbonyl (C=O) groups is 3. The van der Waals surface area contributed by atoms with Crippen LogP contribution in [0.2, 0.25) is 0 Å². The first kappa shape index (κ1) is 39.3. The molecule has 3 aliphatic heterocycles. The van der Waals surface area contributed by atoms with Crippen molar-refractivity contribution in [3.8, 4) is 17.6 Å². The number of aliphatic hydroxyl groups excluding tert-OH is 1. The number of esters is 1. The lowest BCUT2D eigenvalue weighted by atomic mass is 9.65. The third-order valence-electron chi connectivity index (χ3n) is 11.4. The van der Waals surface area contributed by atoms with Gasteiger partial charge in [-0.3, -0.25) is 24.2 Å². The summed E-state index contributed by atoms with van der Waals surface area (Å²) in [6.07, 6.45) is 0.792. The lowest BCUT2D eigenvalue weighted by Gasteiger charge is -2.46. The smallest absolute Gasteiger partial charge is 0.324 e. The minimum Gasteiger partial charge on any atom is -0.491 e. The van der Waals surface area contributed by atoms with Gasteiger partial charge in [-0.05, 0) is 65.2 Å². The number of benzene rings is 5. The second-order valence-electron chi connectivity index (χ2n) is 15.1. The third kappa shape index (κ3) is 7.41. The highest BCUT2D eigenvalue weighted by Gasteiger charge is 2.74. The zero-order valence-corrected chi connectivity index (χ0v) is 32.8. The van der Waals surface area contributed by atoms with Gasteiger partial charge in [0, 0.05) is 24.3 Å². The Kier molecular flexibility index (Phi) is 11.4. The number of morpholine rings is 1. The number of cyclic esters (lactones) is 1. The molecule has 0 radical (unpaired) electrons. The molecule has 298 valence electrons. The second-order valence-corrected chi connectivity index (χ2v) is 15.1. The number of rotatable bonds is 12. The van der Waals surface area contributed by atoms with Gasteiger partial charge in [0.15, 0.2) is 0 Å². The molecule has 8 rings (SSSR count). The Morgan fingerprint density at radius 1 is 0.915 bits per heavy atom. The van der Waals surface area contributed by atoms with Crippen molar-refractivity contribution < 1.29 is 29.0 Å². The molecule has 5 aromatic carbocycles. The average molecular weight is 787 g/mol. The minimum atomic E-state index is -1.64. The largest absolute Gasteiger partial charge is 0.491 e. The Morgan fingerprint density at radius 3 is 2.27 bits per heavy atom. The van der Waals surface area contributed by atoms with Crippen molar-refractivity contribution in [1.29, 1.82) is 0 Å². The molecule has 10 heteroatoms. The van der Waals surface area contributed by atoms with Crippen LogP contribution in [0.4, 0.5) is 5.69 Å². The monoisotopic (exact) mass is 786 g/mol. The van der Waals surface area contributed by atoms with Crippen molar-refractivity contribution >= 4 is 23.5 Å². The van der Waals surface area contributed by atoms with Crippen LogP contribution in [-0.2, 0) is 31.1 Å². The maximum atomic E-state index is 15.3. The van der Waals surface area contributed by atoms with Crippen molar-refractivity contribution in [3.05, 3.63) is 179 Å². The van der Waals surface area contributed by atoms with Gasteiger partial charge in [-0.25, -0.2) is 0 Å². The van der Waals surface area contributed by atoms with Crippen LogP contribution in [0.15, 0.2) is 146 Å². The molecule has 2 amide bonds. The third-order valence-corrected chi connectivity index (χ3v) is 11.4. The van der Waals surface area contributed by atoms with E-state index in [2.05, 4.69) is 46.1 Å². The molecule has 1 spiro atoms. The molecular weight excluding hydrogens is 741 g/mol. The Bertz CT molecular complexity index is 2380. The lowest BCUT2D eigenvalue weighted by molar-refractivity contribution is -0.178. The van der Waals surface area contributed by atoms with Gasteiger partial charge in [-0.1, -0.05) is 121 Å². The Balaban J connectivity index is 1.32. The van der Waals surface area contributed by atoms with Crippen LogP contribution in [0, 0.1) is 17.8 Å². The maximum Gasteiger partial charge on any atom is 0.324 e. The predicted molar refractivity (Wildman–Crippen MR) is 225 cm³/mol. The van der Waals surface area contributed by atoms with Crippen LogP contribution < -0.4 is 15.4 Å². The van der Waals surface area contributed by atoms with E-state index < -0.39 is 53.3 Å². The highest BCUT2D eigenvalue weighted by molar-refractivity contribution is 6.12. The Labute approximate surface area is 344 Å². The Morgan fingerprint density at radius 2 is 1.59 bits per heavy atom. The van der Waals surface area contributed by atoms with Crippen LogP contribution in [0.3, 0.4) is 0 Å². The van der Waals surface area contributed by atoms with Crippen molar-refractivity contribution in [2.75, 3.05) is 38.7 Å². The number of nitrogens with zero attached hydrogens (tertiary/aromatic N) is 2. The molecule has 10 nitrogen and oxygen atoms in total. The van der Waals surface area contributed by atoms with E-state index in [-0.39, 0.29) is 19.8 Å². The van der Waals surface area contributed by atoms with Crippen molar-refractivity contribution in [1.82, 2.24) is 15.1 Å². The standard InChI is InChI=1S/C49H46N4O6/c1-3-27-50-46(55)41-43-47(56)59-44(36-19-11-6-12-20-36)42(35-17-9-5-10-18-35)53(43)45(37-22-24-38(25-23-37)58-30-29-54)49(41)39-31-33(21-26-40(39)51-48(49)57)16-13-28-52(2)32-34-14-7-4-8-15-34/h3-12,14-15,17-26,31,41-45,54H,1,27-30,32H2,2H3,(H,50,55)(H,51,57). The molecule has 2 fully saturated rings. The van der Waals surface area contributed by atoms with Crippen LogP contribution >= 0.6 is 0 Å². The van der Waals surface area contributed by atoms with E-state index in [0.717, 1.165) is 17.7 Å². The second kappa shape index (κ2) is 17.1. The zero-order valence-electron chi connectivity index (χ0n) is 32.8. The number of hydrogen-bond acceptors (Lipinski definition) is 8.